The lowest BCUT2D eigenvalue weighted by molar-refractivity contribution is -0.148. The van der Waals surface area contributed by atoms with Gasteiger partial charge in [0.25, 0.3) is 0 Å². The highest BCUT2D eigenvalue weighted by atomic mass is 28.3. The van der Waals surface area contributed by atoms with Gasteiger partial charge in [-0.2, -0.15) is 0 Å². The van der Waals surface area contributed by atoms with Gasteiger partial charge in [0.1, 0.15) is 25.4 Å². The molecule has 0 aliphatic heterocycles. The molecule has 2 rings (SSSR count). The topological polar surface area (TPSA) is 105 Å². The zero-order valence-corrected chi connectivity index (χ0v) is 20.5. The standard InChI is InChI=1S/C22H34N4O5Si/c1-17(21(27)31-15-18-9-7-6-8-10-18)23-20(22(28)29-2)13-19-14-26(25-24-19)16-30-11-12-32(3,4)5/h6-10,14,17,20,23H,11-13,15-16H2,1-5H3. The van der Waals surface area contributed by atoms with Crippen LogP contribution in [0.5, 0.6) is 0 Å². The fourth-order valence-corrected chi connectivity index (χ4v) is 3.57. The predicted octanol–water partition coefficient (Wildman–Crippen LogP) is 2.40. The van der Waals surface area contributed by atoms with Gasteiger partial charge in [-0.1, -0.05) is 55.2 Å². The van der Waals surface area contributed by atoms with E-state index in [4.69, 9.17) is 14.2 Å². The van der Waals surface area contributed by atoms with Gasteiger partial charge in [-0.15, -0.1) is 5.10 Å². The summed E-state index contributed by atoms with van der Waals surface area (Å²) in [5, 5.41) is 11.1. The number of nitrogens with one attached hydrogen (secondary N) is 1. The Hall–Kier alpha value is -2.56. The molecule has 2 aromatic rings. The third-order valence-corrected chi connectivity index (χ3v) is 6.44. The Balaban J connectivity index is 1.86. The molecule has 1 aromatic heterocycles. The third kappa shape index (κ3) is 9.29. The quantitative estimate of drug-likeness (QED) is 0.275. The first-order valence-electron chi connectivity index (χ1n) is 10.7. The normalized spacial score (nSPS) is 13.4. The van der Waals surface area contributed by atoms with Crippen LogP contribution in [0.4, 0.5) is 0 Å². The van der Waals surface area contributed by atoms with Gasteiger partial charge in [-0.3, -0.25) is 14.9 Å². The molecule has 9 nitrogen and oxygen atoms in total. The number of carbonyl (C=O) groups is 2. The summed E-state index contributed by atoms with van der Waals surface area (Å²) >= 11 is 0. The largest absolute Gasteiger partial charge is 0.468 e. The molecule has 2 atom stereocenters. The number of esters is 2. The van der Waals surface area contributed by atoms with Crippen LogP contribution >= 0.6 is 0 Å². The average Bonchev–Trinajstić information content (AvgIpc) is 3.21. The number of aromatic nitrogens is 3. The molecule has 1 heterocycles. The first kappa shape index (κ1) is 25.7. The molecule has 0 saturated carbocycles. The van der Waals surface area contributed by atoms with E-state index >= 15 is 0 Å². The van der Waals surface area contributed by atoms with Crippen molar-refractivity contribution in [1.29, 1.82) is 0 Å². The van der Waals surface area contributed by atoms with Crippen molar-refractivity contribution in [3.8, 4) is 0 Å². The van der Waals surface area contributed by atoms with E-state index in [9.17, 15) is 9.59 Å². The second kappa shape index (κ2) is 12.5. The molecule has 2 unspecified atom stereocenters. The Labute approximate surface area is 190 Å². The Morgan fingerprint density at radius 3 is 2.53 bits per heavy atom. The molecule has 0 saturated heterocycles. The van der Waals surface area contributed by atoms with Crippen LogP contribution in [0.25, 0.3) is 0 Å². The number of nitrogens with zero attached hydrogens (tertiary/aromatic N) is 3. The molecule has 0 amide bonds. The summed E-state index contributed by atoms with van der Waals surface area (Å²) in [5.74, 6) is -0.948. The molecule has 0 aliphatic rings. The van der Waals surface area contributed by atoms with Gasteiger partial charge in [0, 0.05) is 21.1 Å². The summed E-state index contributed by atoms with van der Waals surface area (Å²) in [5.41, 5.74) is 1.48. The van der Waals surface area contributed by atoms with Crippen LogP contribution in [0.1, 0.15) is 18.2 Å². The van der Waals surface area contributed by atoms with Crippen LogP contribution in [0.2, 0.25) is 25.7 Å². The fraction of sp³-hybridized carbons (Fsp3) is 0.545. The summed E-state index contributed by atoms with van der Waals surface area (Å²) in [4.78, 5) is 24.6. The molecule has 1 N–H and O–H groups in total. The summed E-state index contributed by atoms with van der Waals surface area (Å²) in [6.45, 7) is 9.68. The maximum absolute atomic E-state index is 12.4. The summed E-state index contributed by atoms with van der Waals surface area (Å²) in [6.07, 6.45) is 1.95. The Kier molecular flexibility index (Phi) is 10.0. The van der Waals surface area contributed by atoms with E-state index in [1.165, 1.54) is 7.11 Å². The molecule has 176 valence electrons. The monoisotopic (exact) mass is 462 g/mol. The lowest BCUT2D eigenvalue weighted by Crippen LogP contribution is -2.47. The van der Waals surface area contributed by atoms with Crippen molar-refractivity contribution in [3.63, 3.8) is 0 Å². The zero-order chi connectivity index (χ0) is 23.6. The van der Waals surface area contributed by atoms with Crippen molar-refractivity contribution in [1.82, 2.24) is 20.3 Å². The van der Waals surface area contributed by atoms with Crippen LogP contribution in [-0.4, -0.2) is 60.8 Å². The van der Waals surface area contributed by atoms with E-state index in [-0.39, 0.29) is 13.0 Å². The van der Waals surface area contributed by atoms with Crippen LogP contribution in [0.15, 0.2) is 36.5 Å². The van der Waals surface area contributed by atoms with Crippen molar-refractivity contribution in [3.05, 3.63) is 47.8 Å². The average molecular weight is 463 g/mol. The molecule has 1 aromatic carbocycles. The first-order valence-corrected chi connectivity index (χ1v) is 14.4. The fourth-order valence-electron chi connectivity index (χ4n) is 2.82. The smallest absolute Gasteiger partial charge is 0.323 e. The minimum atomic E-state index is -1.15. The minimum Gasteiger partial charge on any atom is -0.468 e. The van der Waals surface area contributed by atoms with E-state index in [2.05, 4.69) is 35.3 Å². The van der Waals surface area contributed by atoms with Gasteiger partial charge in [-0.05, 0) is 18.5 Å². The summed E-state index contributed by atoms with van der Waals surface area (Å²) < 4.78 is 17.5. The van der Waals surface area contributed by atoms with Crippen molar-refractivity contribution >= 4 is 20.0 Å². The van der Waals surface area contributed by atoms with Crippen molar-refractivity contribution in [2.24, 2.45) is 0 Å². The van der Waals surface area contributed by atoms with E-state index in [0.717, 1.165) is 11.6 Å². The van der Waals surface area contributed by atoms with Gasteiger partial charge in [-0.25, -0.2) is 4.68 Å². The van der Waals surface area contributed by atoms with E-state index in [1.807, 2.05) is 30.3 Å². The van der Waals surface area contributed by atoms with E-state index < -0.39 is 32.1 Å². The Morgan fingerprint density at radius 2 is 1.88 bits per heavy atom. The number of hydrogen-bond acceptors (Lipinski definition) is 8. The Bertz CT molecular complexity index is 854. The molecule has 0 spiro atoms. The highest BCUT2D eigenvalue weighted by Gasteiger charge is 2.26. The van der Waals surface area contributed by atoms with Gasteiger partial charge in [0.05, 0.1) is 19.0 Å². The van der Waals surface area contributed by atoms with Gasteiger partial charge >= 0.3 is 11.9 Å². The van der Waals surface area contributed by atoms with E-state index in [0.29, 0.717) is 19.0 Å². The summed E-state index contributed by atoms with van der Waals surface area (Å²) in [6, 6.07) is 9.00. The zero-order valence-electron chi connectivity index (χ0n) is 19.5. The lowest BCUT2D eigenvalue weighted by Gasteiger charge is -2.20. The second-order valence-corrected chi connectivity index (χ2v) is 14.5. The number of benzene rings is 1. The van der Waals surface area contributed by atoms with Crippen LogP contribution in [0.3, 0.4) is 0 Å². The summed E-state index contributed by atoms with van der Waals surface area (Å²) in [7, 11) is 0.157. The number of ether oxygens (including phenoxy) is 3. The minimum absolute atomic E-state index is 0.167. The van der Waals surface area contributed by atoms with Gasteiger partial charge < -0.3 is 14.2 Å². The van der Waals surface area contributed by atoms with Gasteiger partial charge in [0.2, 0.25) is 0 Å². The maximum atomic E-state index is 12.4. The molecule has 0 fully saturated rings. The second-order valence-electron chi connectivity index (χ2n) is 8.86. The molecular weight excluding hydrogens is 428 g/mol. The van der Waals surface area contributed by atoms with Crippen molar-refractivity contribution in [2.45, 2.75) is 64.5 Å². The van der Waals surface area contributed by atoms with Gasteiger partial charge in [0.15, 0.2) is 0 Å². The Morgan fingerprint density at radius 1 is 1.16 bits per heavy atom. The highest BCUT2D eigenvalue weighted by Crippen LogP contribution is 2.08. The van der Waals surface area contributed by atoms with Crippen LogP contribution < -0.4 is 5.32 Å². The molecular formula is C22H34N4O5Si. The molecule has 0 aliphatic carbocycles. The number of rotatable bonds is 13. The number of hydrogen-bond donors (Lipinski definition) is 1. The third-order valence-electron chi connectivity index (χ3n) is 4.73. The lowest BCUT2D eigenvalue weighted by atomic mass is 10.1. The SMILES string of the molecule is COC(=O)C(Cc1cn(COCC[Si](C)(C)C)nn1)NC(C)C(=O)OCc1ccccc1. The van der Waals surface area contributed by atoms with Crippen molar-refractivity contribution < 1.29 is 23.8 Å². The molecule has 0 bridgehead atoms. The van der Waals surface area contributed by atoms with Crippen LogP contribution in [-0.2, 0) is 43.6 Å². The van der Waals surface area contributed by atoms with E-state index in [1.54, 1.807) is 17.8 Å². The van der Waals surface area contributed by atoms with Crippen molar-refractivity contribution in [2.75, 3.05) is 13.7 Å². The first-order chi connectivity index (χ1) is 15.2. The maximum Gasteiger partial charge on any atom is 0.323 e. The molecule has 32 heavy (non-hydrogen) atoms. The molecule has 0 radical (unpaired) electrons. The molecule has 10 heteroatoms. The van der Waals surface area contributed by atoms with Crippen LogP contribution in [0, 0.1) is 0 Å². The number of carbonyl (C=O) groups excluding carboxylic acids is 2. The highest BCUT2D eigenvalue weighted by molar-refractivity contribution is 6.76. The number of methoxy groups -OCH3 is 1. The predicted molar refractivity (Wildman–Crippen MR) is 122 cm³/mol.